The van der Waals surface area contributed by atoms with Crippen LogP contribution >= 0.6 is 0 Å². The quantitative estimate of drug-likeness (QED) is 0.655. The van der Waals surface area contributed by atoms with Crippen molar-refractivity contribution in [2.24, 2.45) is 5.73 Å². The molecule has 2 aromatic rings. The summed E-state index contributed by atoms with van der Waals surface area (Å²) in [6.45, 7) is 1.96. The van der Waals surface area contributed by atoms with Crippen molar-refractivity contribution in [3.8, 4) is 0 Å². The summed E-state index contributed by atoms with van der Waals surface area (Å²) >= 11 is 0. The molecule has 23 heavy (non-hydrogen) atoms. The van der Waals surface area contributed by atoms with Gasteiger partial charge in [0.25, 0.3) is 5.56 Å². The Bertz CT molecular complexity index is 733. The second kappa shape index (κ2) is 7.44. The largest absolute Gasteiger partial charge is 0.466 e. The number of aromatic amines is 2. The molecular weight excluding hydrogens is 298 g/mol. The summed E-state index contributed by atoms with van der Waals surface area (Å²) in [5, 5.41) is 5.16. The Morgan fingerprint density at radius 2 is 1.91 bits per heavy atom. The van der Waals surface area contributed by atoms with Gasteiger partial charge in [-0.15, -0.1) is 0 Å². The molecule has 0 aliphatic carbocycles. The SMILES string of the molecule is CCOC(=O)Cc1[nH][nH]c(=O)c1C(CC(N)=O)c1ccccc1. The van der Waals surface area contributed by atoms with Crippen LogP contribution in [0.4, 0.5) is 0 Å². The van der Waals surface area contributed by atoms with Crippen molar-refractivity contribution in [3.05, 3.63) is 57.5 Å². The maximum Gasteiger partial charge on any atom is 0.311 e. The Morgan fingerprint density at radius 3 is 2.52 bits per heavy atom. The number of benzene rings is 1. The van der Waals surface area contributed by atoms with Crippen LogP contribution in [0.15, 0.2) is 35.1 Å². The average molecular weight is 317 g/mol. The predicted molar refractivity (Wildman–Crippen MR) is 83.8 cm³/mol. The predicted octanol–water partition coefficient (Wildman–Crippen LogP) is 0.816. The van der Waals surface area contributed by atoms with Gasteiger partial charge in [-0.25, -0.2) is 0 Å². The monoisotopic (exact) mass is 317 g/mol. The molecule has 1 unspecified atom stereocenters. The van der Waals surface area contributed by atoms with Crippen LogP contribution in [0, 0.1) is 0 Å². The lowest BCUT2D eigenvalue weighted by molar-refractivity contribution is -0.142. The number of hydrogen-bond donors (Lipinski definition) is 3. The molecule has 4 N–H and O–H groups in total. The van der Waals surface area contributed by atoms with Crippen LogP contribution in [0.1, 0.15) is 36.1 Å². The van der Waals surface area contributed by atoms with E-state index in [4.69, 9.17) is 10.5 Å². The topological polar surface area (TPSA) is 118 Å². The zero-order valence-electron chi connectivity index (χ0n) is 12.8. The average Bonchev–Trinajstić information content (AvgIpc) is 2.86. The van der Waals surface area contributed by atoms with E-state index < -0.39 is 17.8 Å². The number of esters is 1. The van der Waals surface area contributed by atoms with Gasteiger partial charge in [-0.3, -0.25) is 19.5 Å². The van der Waals surface area contributed by atoms with Crippen LogP contribution in [-0.2, 0) is 20.7 Å². The second-order valence-corrected chi connectivity index (χ2v) is 5.09. The van der Waals surface area contributed by atoms with E-state index in [9.17, 15) is 14.4 Å². The van der Waals surface area contributed by atoms with E-state index in [-0.39, 0.29) is 25.0 Å². The second-order valence-electron chi connectivity index (χ2n) is 5.09. The van der Waals surface area contributed by atoms with Crippen LogP contribution in [0.25, 0.3) is 0 Å². The fraction of sp³-hybridized carbons (Fsp3) is 0.312. The molecule has 0 fully saturated rings. The van der Waals surface area contributed by atoms with Crippen molar-refractivity contribution in [1.29, 1.82) is 0 Å². The number of amides is 1. The number of nitrogens with two attached hydrogens (primary N) is 1. The lowest BCUT2D eigenvalue weighted by Gasteiger charge is -2.15. The van der Waals surface area contributed by atoms with Crippen LogP contribution in [0.5, 0.6) is 0 Å². The van der Waals surface area contributed by atoms with E-state index >= 15 is 0 Å². The molecule has 1 aromatic carbocycles. The lowest BCUT2D eigenvalue weighted by Crippen LogP contribution is -2.21. The first kappa shape index (κ1) is 16.5. The van der Waals surface area contributed by atoms with Crippen molar-refractivity contribution < 1.29 is 14.3 Å². The third-order valence-corrected chi connectivity index (χ3v) is 3.48. The molecule has 2 rings (SSSR count). The van der Waals surface area contributed by atoms with Gasteiger partial charge in [0.2, 0.25) is 5.91 Å². The minimum Gasteiger partial charge on any atom is -0.466 e. The van der Waals surface area contributed by atoms with Crippen LogP contribution in [0.2, 0.25) is 0 Å². The van der Waals surface area contributed by atoms with Crippen molar-refractivity contribution >= 4 is 11.9 Å². The maximum absolute atomic E-state index is 12.2. The van der Waals surface area contributed by atoms with E-state index in [1.807, 2.05) is 30.3 Å². The molecule has 0 aliphatic rings. The Balaban J connectivity index is 2.43. The minimum atomic E-state index is -0.526. The first-order valence-electron chi connectivity index (χ1n) is 7.31. The molecule has 7 nitrogen and oxygen atoms in total. The normalized spacial score (nSPS) is 11.9. The van der Waals surface area contributed by atoms with Crippen LogP contribution < -0.4 is 11.3 Å². The summed E-state index contributed by atoms with van der Waals surface area (Å²) < 4.78 is 4.91. The molecule has 1 atom stereocenters. The maximum atomic E-state index is 12.2. The number of rotatable bonds is 7. The van der Waals surface area contributed by atoms with E-state index in [0.29, 0.717) is 11.3 Å². The van der Waals surface area contributed by atoms with Crippen molar-refractivity contribution in [1.82, 2.24) is 10.2 Å². The molecule has 1 heterocycles. The molecule has 1 aromatic heterocycles. The van der Waals surface area contributed by atoms with Crippen LogP contribution in [-0.4, -0.2) is 28.7 Å². The van der Waals surface area contributed by atoms with E-state index in [1.165, 1.54) is 0 Å². The molecular formula is C16H19N3O4. The molecule has 0 spiro atoms. The smallest absolute Gasteiger partial charge is 0.311 e. The number of ether oxygens (including phenoxy) is 1. The summed E-state index contributed by atoms with van der Waals surface area (Å²) in [4.78, 5) is 35.3. The molecule has 0 saturated carbocycles. The van der Waals surface area contributed by atoms with Crippen molar-refractivity contribution in [3.63, 3.8) is 0 Å². The highest BCUT2D eigenvalue weighted by Gasteiger charge is 2.25. The Labute approximate surface area is 132 Å². The first-order chi connectivity index (χ1) is 11.0. The van der Waals surface area contributed by atoms with Gasteiger partial charge in [-0.2, -0.15) is 0 Å². The number of carbonyl (C=O) groups is 2. The number of aromatic nitrogens is 2. The third-order valence-electron chi connectivity index (χ3n) is 3.48. The van der Waals surface area contributed by atoms with E-state index in [1.54, 1.807) is 6.92 Å². The Morgan fingerprint density at radius 1 is 1.22 bits per heavy atom. The van der Waals surface area contributed by atoms with E-state index in [2.05, 4.69) is 10.2 Å². The Hall–Kier alpha value is -2.83. The number of carbonyl (C=O) groups excluding carboxylic acids is 2. The molecule has 0 bridgehead atoms. The number of nitrogens with one attached hydrogen (secondary N) is 2. The van der Waals surface area contributed by atoms with Gasteiger partial charge < -0.3 is 15.6 Å². The zero-order valence-corrected chi connectivity index (χ0v) is 12.8. The van der Waals surface area contributed by atoms with Crippen molar-refractivity contribution in [2.75, 3.05) is 6.61 Å². The van der Waals surface area contributed by atoms with Gasteiger partial charge in [0.1, 0.15) is 0 Å². The molecule has 0 radical (unpaired) electrons. The van der Waals surface area contributed by atoms with Crippen LogP contribution in [0.3, 0.4) is 0 Å². The van der Waals surface area contributed by atoms with Gasteiger partial charge in [0.05, 0.1) is 18.7 Å². The van der Waals surface area contributed by atoms with E-state index in [0.717, 1.165) is 5.56 Å². The summed E-state index contributed by atoms with van der Waals surface area (Å²) in [6.07, 6.45) is -0.106. The van der Waals surface area contributed by atoms with Gasteiger partial charge in [0, 0.05) is 17.9 Å². The Kier molecular flexibility index (Phi) is 5.35. The highest BCUT2D eigenvalue weighted by atomic mass is 16.5. The van der Waals surface area contributed by atoms with Gasteiger partial charge in [-0.1, -0.05) is 30.3 Å². The molecule has 0 aliphatic heterocycles. The highest BCUT2D eigenvalue weighted by molar-refractivity contribution is 5.76. The number of H-pyrrole nitrogens is 2. The minimum absolute atomic E-state index is 0.0270. The number of hydrogen-bond acceptors (Lipinski definition) is 4. The van der Waals surface area contributed by atoms with Gasteiger partial charge in [0.15, 0.2) is 0 Å². The summed E-state index contributed by atoms with van der Waals surface area (Å²) in [7, 11) is 0. The lowest BCUT2D eigenvalue weighted by atomic mass is 9.88. The highest BCUT2D eigenvalue weighted by Crippen LogP contribution is 2.27. The van der Waals surface area contributed by atoms with Gasteiger partial charge in [-0.05, 0) is 12.5 Å². The fourth-order valence-electron chi connectivity index (χ4n) is 2.54. The number of primary amides is 1. The zero-order chi connectivity index (χ0) is 16.8. The third kappa shape index (κ3) is 4.09. The van der Waals surface area contributed by atoms with Gasteiger partial charge >= 0.3 is 5.97 Å². The van der Waals surface area contributed by atoms with Crippen molar-refractivity contribution in [2.45, 2.75) is 25.7 Å². The molecule has 1 amide bonds. The fourth-order valence-corrected chi connectivity index (χ4v) is 2.54. The molecule has 0 saturated heterocycles. The summed E-state index contributed by atoms with van der Waals surface area (Å²) in [5.74, 6) is -1.50. The molecule has 122 valence electrons. The first-order valence-corrected chi connectivity index (χ1v) is 7.31. The standard InChI is InChI=1S/C16H19N3O4/c1-2-23-14(21)9-12-15(16(22)19-18-12)11(8-13(17)20)10-6-4-3-5-7-10/h3-7,11H,2,8-9H2,1H3,(H2,17,20)(H2,18,19,22). The molecule has 7 heteroatoms. The summed E-state index contributed by atoms with van der Waals surface area (Å²) in [6, 6.07) is 9.10. The summed E-state index contributed by atoms with van der Waals surface area (Å²) in [5.41, 5.74) is 6.48.